The number of amides is 1. The smallest absolute Gasteiger partial charge is 0.234 e. The lowest BCUT2D eigenvalue weighted by Gasteiger charge is -2.17. The summed E-state index contributed by atoms with van der Waals surface area (Å²) in [4.78, 5) is 15.5. The third kappa shape index (κ3) is 5.45. The zero-order valence-corrected chi connectivity index (χ0v) is 10.7. The van der Waals surface area contributed by atoms with Crippen LogP contribution in [-0.2, 0) is 11.3 Å². The van der Waals surface area contributed by atoms with E-state index in [9.17, 15) is 4.79 Å². The Labute approximate surface area is 103 Å². The van der Waals surface area contributed by atoms with Gasteiger partial charge in [-0.05, 0) is 30.5 Å². The van der Waals surface area contributed by atoms with Crippen molar-refractivity contribution in [2.75, 3.05) is 6.54 Å². The van der Waals surface area contributed by atoms with E-state index in [1.54, 1.807) is 12.4 Å². The first-order chi connectivity index (χ1) is 8.09. The molecule has 17 heavy (non-hydrogen) atoms. The lowest BCUT2D eigenvalue weighted by molar-refractivity contribution is -0.121. The minimum atomic E-state index is 0.0419. The number of nitrogens with one attached hydrogen (secondary N) is 2. The number of hydrogen-bond donors (Lipinski definition) is 2. The van der Waals surface area contributed by atoms with Gasteiger partial charge in [0, 0.05) is 25.0 Å². The van der Waals surface area contributed by atoms with E-state index < -0.39 is 0 Å². The van der Waals surface area contributed by atoms with Crippen molar-refractivity contribution in [2.45, 2.75) is 33.4 Å². The number of hydrogen-bond acceptors (Lipinski definition) is 3. The van der Waals surface area contributed by atoms with Crippen molar-refractivity contribution >= 4 is 5.91 Å². The van der Waals surface area contributed by atoms with E-state index in [1.165, 1.54) is 0 Å². The average molecular weight is 235 g/mol. The average Bonchev–Trinajstić information content (AvgIpc) is 2.30. The van der Waals surface area contributed by atoms with Crippen molar-refractivity contribution in [3.63, 3.8) is 0 Å². The van der Waals surface area contributed by atoms with Gasteiger partial charge in [0.15, 0.2) is 0 Å². The third-order valence-corrected chi connectivity index (χ3v) is 2.75. The molecule has 4 nitrogen and oxygen atoms in total. The zero-order valence-electron chi connectivity index (χ0n) is 10.7. The summed E-state index contributed by atoms with van der Waals surface area (Å²) in [5.41, 5.74) is 1.13. The molecule has 0 fully saturated rings. The van der Waals surface area contributed by atoms with E-state index in [2.05, 4.69) is 29.5 Å². The minimum absolute atomic E-state index is 0.0419. The van der Waals surface area contributed by atoms with Crippen molar-refractivity contribution < 1.29 is 4.79 Å². The molecule has 94 valence electrons. The van der Waals surface area contributed by atoms with Crippen LogP contribution in [0.4, 0.5) is 0 Å². The van der Waals surface area contributed by atoms with Crippen LogP contribution in [0.3, 0.4) is 0 Å². The summed E-state index contributed by atoms with van der Waals surface area (Å²) < 4.78 is 0. The van der Waals surface area contributed by atoms with E-state index in [4.69, 9.17) is 0 Å². The summed E-state index contributed by atoms with van der Waals surface area (Å²) in [5, 5.41) is 6.06. The molecule has 0 saturated heterocycles. The van der Waals surface area contributed by atoms with Crippen LogP contribution >= 0.6 is 0 Å². The van der Waals surface area contributed by atoms with Crippen molar-refractivity contribution in [3.8, 4) is 0 Å². The maximum absolute atomic E-state index is 11.6. The Morgan fingerprint density at radius 3 is 2.53 bits per heavy atom. The van der Waals surface area contributed by atoms with Gasteiger partial charge in [-0.3, -0.25) is 9.78 Å². The molecule has 1 amide bonds. The molecule has 0 spiro atoms. The van der Waals surface area contributed by atoms with E-state index in [0.717, 1.165) is 5.56 Å². The monoisotopic (exact) mass is 235 g/mol. The van der Waals surface area contributed by atoms with E-state index in [-0.39, 0.29) is 11.9 Å². The molecule has 1 aromatic rings. The summed E-state index contributed by atoms with van der Waals surface area (Å²) in [6, 6.07) is 4.08. The van der Waals surface area contributed by atoms with Gasteiger partial charge in [-0.15, -0.1) is 0 Å². The quantitative estimate of drug-likeness (QED) is 0.782. The summed E-state index contributed by atoms with van der Waals surface area (Å²) >= 11 is 0. The maximum Gasteiger partial charge on any atom is 0.234 e. The second kappa shape index (κ2) is 7.01. The fourth-order valence-corrected chi connectivity index (χ4v) is 1.29. The molecule has 4 heteroatoms. The Bertz CT molecular complexity index is 338. The zero-order chi connectivity index (χ0) is 12.7. The molecule has 0 aromatic carbocycles. The number of carbonyl (C=O) groups excluding carboxylic acids is 1. The molecule has 0 aliphatic rings. The Kier molecular flexibility index (Phi) is 5.63. The fourth-order valence-electron chi connectivity index (χ4n) is 1.29. The van der Waals surface area contributed by atoms with Crippen LogP contribution in [0, 0.1) is 5.92 Å². The maximum atomic E-state index is 11.6. The second-order valence-electron chi connectivity index (χ2n) is 4.56. The van der Waals surface area contributed by atoms with Gasteiger partial charge in [-0.25, -0.2) is 0 Å². The lowest BCUT2D eigenvalue weighted by Crippen LogP contribution is -2.41. The van der Waals surface area contributed by atoms with Gasteiger partial charge in [0.2, 0.25) is 5.91 Å². The standard InChI is InChI=1S/C13H21N3O/c1-10(2)11(3)16-13(17)9-15-8-12-4-6-14-7-5-12/h4-7,10-11,15H,8-9H2,1-3H3,(H,16,17). The normalized spacial score (nSPS) is 12.5. The van der Waals surface area contributed by atoms with Crippen molar-refractivity contribution in [3.05, 3.63) is 30.1 Å². The highest BCUT2D eigenvalue weighted by atomic mass is 16.1. The SMILES string of the molecule is CC(C)C(C)NC(=O)CNCc1ccncc1. The molecule has 2 N–H and O–H groups in total. The first-order valence-corrected chi connectivity index (χ1v) is 5.98. The number of nitrogens with zero attached hydrogens (tertiary/aromatic N) is 1. The van der Waals surface area contributed by atoms with Gasteiger partial charge in [-0.2, -0.15) is 0 Å². The first-order valence-electron chi connectivity index (χ1n) is 5.98. The number of rotatable bonds is 6. The Morgan fingerprint density at radius 2 is 1.94 bits per heavy atom. The molecule has 0 bridgehead atoms. The van der Waals surface area contributed by atoms with Crippen LogP contribution in [0.5, 0.6) is 0 Å². The van der Waals surface area contributed by atoms with E-state index in [0.29, 0.717) is 19.0 Å². The number of carbonyl (C=O) groups is 1. The predicted molar refractivity (Wildman–Crippen MR) is 68.4 cm³/mol. The summed E-state index contributed by atoms with van der Waals surface area (Å²) in [6.07, 6.45) is 3.50. The van der Waals surface area contributed by atoms with E-state index >= 15 is 0 Å². The molecule has 1 atom stereocenters. The van der Waals surface area contributed by atoms with Gasteiger partial charge in [0.25, 0.3) is 0 Å². The van der Waals surface area contributed by atoms with Gasteiger partial charge >= 0.3 is 0 Å². The Morgan fingerprint density at radius 1 is 1.29 bits per heavy atom. The van der Waals surface area contributed by atoms with Gasteiger partial charge in [0.05, 0.1) is 6.54 Å². The van der Waals surface area contributed by atoms with Crippen LogP contribution in [0.1, 0.15) is 26.3 Å². The highest BCUT2D eigenvalue weighted by molar-refractivity contribution is 5.78. The third-order valence-electron chi connectivity index (χ3n) is 2.75. The fraction of sp³-hybridized carbons (Fsp3) is 0.538. The summed E-state index contributed by atoms with van der Waals surface area (Å²) in [5.74, 6) is 0.499. The van der Waals surface area contributed by atoms with Crippen LogP contribution in [0.25, 0.3) is 0 Å². The highest BCUT2D eigenvalue weighted by Crippen LogP contribution is 1.99. The van der Waals surface area contributed by atoms with Crippen molar-refractivity contribution in [1.29, 1.82) is 0 Å². The number of pyridine rings is 1. The Hall–Kier alpha value is -1.42. The molecule has 0 saturated carbocycles. The second-order valence-corrected chi connectivity index (χ2v) is 4.56. The molecule has 1 unspecified atom stereocenters. The van der Waals surface area contributed by atoms with Crippen molar-refractivity contribution in [1.82, 2.24) is 15.6 Å². The molecule has 1 aromatic heterocycles. The molecular formula is C13H21N3O. The Balaban J connectivity index is 2.21. The van der Waals surface area contributed by atoms with Gasteiger partial charge in [0.1, 0.15) is 0 Å². The highest BCUT2D eigenvalue weighted by Gasteiger charge is 2.09. The molecule has 0 aliphatic heterocycles. The lowest BCUT2D eigenvalue weighted by atomic mass is 10.1. The van der Waals surface area contributed by atoms with Crippen LogP contribution in [0.15, 0.2) is 24.5 Å². The van der Waals surface area contributed by atoms with Crippen LogP contribution in [-0.4, -0.2) is 23.5 Å². The van der Waals surface area contributed by atoms with Gasteiger partial charge in [-0.1, -0.05) is 13.8 Å². The summed E-state index contributed by atoms with van der Waals surface area (Å²) in [6.45, 7) is 7.24. The van der Waals surface area contributed by atoms with Crippen molar-refractivity contribution in [2.24, 2.45) is 5.92 Å². The van der Waals surface area contributed by atoms with Crippen LogP contribution < -0.4 is 10.6 Å². The topological polar surface area (TPSA) is 54.0 Å². The molecule has 0 radical (unpaired) electrons. The molecule has 1 heterocycles. The summed E-state index contributed by atoms with van der Waals surface area (Å²) in [7, 11) is 0. The molecular weight excluding hydrogens is 214 g/mol. The van der Waals surface area contributed by atoms with E-state index in [1.807, 2.05) is 19.1 Å². The number of aromatic nitrogens is 1. The largest absolute Gasteiger partial charge is 0.352 e. The minimum Gasteiger partial charge on any atom is -0.352 e. The molecule has 0 aliphatic carbocycles. The first kappa shape index (κ1) is 13.6. The molecule has 1 rings (SSSR count). The van der Waals surface area contributed by atoms with Gasteiger partial charge < -0.3 is 10.6 Å². The van der Waals surface area contributed by atoms with Crippen LogP contribution in [0.2, 0.25) is 0 Å². The predicted octanol–water partition coefficient (Wildman–Crippen LogP) is 1.33.